The van der Waals surface area contributed by atoms with E-state index in [0.29, 0.717) is 59.3 Å². The summed E-state index contributed by atoms with van der Waals surface area (Å²) >= 11 is 0. The van der Waals surface area contributed by atoms with Gasteiger partial charge < -0.3 is 34.3 Å². The molecule has 4 aromatic rings. The maximum atomic E-state index is 15.2. The Hall–Kier alpha value is -4.68. The molecule has 0 bridgehead atoms. The summed E-state index contributed by atoms with van der Waals surface area (Å²) in [6.07, 6.45) is 2.40. The number of halogens is 2. The monoisotopic (exact) mass is 620 g/mol. The van der Waals surface area contributed by atoms with E-state index in [1.165, 1.54) is 24.3 Å². The first-order valence-electron chi connectivity index (χ1n) is 14.9. The van der Waals surface area contributed by atoms with Crippen LogP contribution in [-0.4, -0.2) is 68.6 Å². The topological polar surface area (TPSA) is 103 Å². The summed E-state index contributed by atoms with van der Waals surface area (Å²) in [7, 11) is 0. The number of morpholine rings is 1. The molecule has 1 aromatic heterocycles. The molecule has 12 heteroatoms. The van der Waals surface area contributed by atoms with Crippen molar-refractivity contribution in [3.05, 3.63) is 78.0 Å². The van der Waals surface area contributed by atoms with Crippen LogP contribution in [0.15, 0.2) is 60.8 Å². The average molecular weight is 621 g/mol. The highest BCUT2D eigenvalue weighted by Gasteiger charge is 2.25. The first-order valence-corrected chi connectivity index (χ1v) is 14.9. The maximum absolute atomic E-state index is 15.2. The maximum Gasteiger partial charge on any atom is 0.319 e. The summed E-state index contributed by atoms with van der Waals surface area (Å²) in [6, 6.07) is 12.4. The van der Waals surface area contributed by atoms with E-state index in [-0.39, 0.29) is 11.4 Å². The van der Waals surface area contributed by atoms with E-state index in [0.717, 1.165) is 45.3 Å². The Labute approximate surface area is 259 Å². The number of ether oxygens (including phenoxy) is 5. The van der Waals surface area contributed by atoms with Crippen molar-refractivity contribution in [2.45, 2.75) is 19.4 Å². The third-order valence-corrected chi connectivity index (χ3v) is 7.53. The predicted octanol–water partition coefficient (Wildman–Crippen LogP) is 6.06. The molecule has 2 N–H and O–H groups in total. The van der Waals surface area contributed by atoms with Gasteiger partial charge in [0.1, 0.15) is 24.8 Å². The number of nitrogens with one attached hydrogen (secondary N) is 2. The van der Waals surface area contributed by atoms with E-state index in [1.54, 1.807) is 37.4 Å². The lowest BCUT2D eigenvalue weighted by Crippen LogP contribution is -2.37. The number of urea groups is 1. The van der Waals surface area contributed by atoms with Gasteiger partial charge >= 0.3 is 6.03 Å². The number of hydrogen-bond donors (Lipinski definition) is 2. The molecule has 3 aromatic carbocycles. The summed E-state index contributed by atoms with van der Waals surface area (Å²) < 4.78 is 58.3. The van der Waals surface area contributed by atoms with Gasteiger partial charge in [-0.1, -0.05) is 12.1 Å². The number of aromatic nitrogens is 1. The molecule has 1 saturated heterocycles. The van der Waals surface area contributed by atoms with Crippen LogP contribution in [0.4, 0.5) is 19.3 Å². The van der Waals surface area contributed by atoms with Gasteiger partial charge in [0.15, 0.2) is 23.1 Å². The van der Waals surface area contributed by atoms with Gasteiger partial charge in [-0.2, -0.15) is 0 Å². The van der Waals surface area contributed by atoms with Crippen LogP contribution < -0.4 is 29.6 Å². The van der Waals surface area contributed by atoms with E-state index >= 15 is 4.39 Å². The fraction of sp³-hybridized carbons (Fsp3) is 0.333. The normalized spacial score (nSPS) is 15.4. The zero-order chi connectivity index (χ0) is 31.2. The third-order valence-electron chi connectivity index (χ3n) is 7.53. The van der Waals surface area contributed by atoms with Gasteiger partial charge in [-0.15, -0.1) is 0 Å². The fourth-order valence-corrected chi connectivity index (χ4v) is 5.26. The number of fused-ring (bicyclic) bond motifs is 3. The molecule has 1 atom stereocenters. The van der Waals surface area contributed by atoms with Crippen LogP contribution in [0.5, 0.6) is 28.7 Å². The van der Waals surface area contributed by atoms with Crippen molar-refractivity contribution in [2.24, 2.45) is 0 Å². The van der Waals surface area contributed by atoms with Gasteiger partial charge in [-0.05, 0) is 49.2 Å². The molecule has 0 aliphatic carbocycles. The number of carbonyl (C=O) groups is 1. The molecule has 1 fully saturated rings. The highest BCUT2D eigenvalue weighted by Crippen LogP contribution is 2.48. The second kappa shape index (κ2) is 14.0. The second-order valence-electron chi connectivity index (χ2n) is 10.7. The number of carbonyl (C=O) groups excluding carboxylic acids is 1. The lowest BCUT2D eigenvalue weighted by atomic mass is 10.1. The van der Waals surface area contributed by atoms with Gasteiger partial charge in [0.2, 0.25) is 5.75 Å². The van der Waals surface area contributed by atoms with Gasteiger partial charge in [0, 0.05) is 43.7 Å². The molecule has 2 amide bonds. The van der Waals surface area contributed by atoms with E-state index in [9.17, 15) is 9.18 Å². The van der Waals surface area contributed by atoms with Gasteiger partial charge in [0.05, 0.1) is 36.8 Å². The lowest BCUT2D eigenvalue weighted by Gasteiger charge is -2.26. The Bertz CT molecular complexity index is 1670. The van der Waals surface area contributed by atoms with Gasteiger partial charge in [0.25, 0.3) is 0 Å². The summed E-state index contributed by atoms with van der Waals surface area (Å²) in [5.74, 6) is 0.573. The molecule has 6 rings (SSSR count). The molecule has 0 radical (unpaired) electrons. The van der Waals surface area contributed by atoms with Crippen molar-refractivity contribution in [1.82, 2.24) is 15.2 Å². The van der Waals surface area contributed by atoms with Crippen LogP contribution in [0.2, 0.25) is 0 Å². The van der Waals surface area contributed by atoms with E-state index < -0.39 is 23.7 Å². The second-order valence-corrected chi connectivity index (χ2v) is 10.7. The summed E-state index contributed by atoms with van der Waals surface area (Å²) in [4.78, 5) is 19.3. The lowest BCUT2D eigenvalue weighted by molar-refractivity contribution is 0.0357. The minimum Gasteiger partial charge on any atom is -0.489 e. The SMILES string of the molecule is CC(NC(=O)Nc1ccc(Oc2ccnc3cc(OCCCN4CCOCC4)c4c(c23)OCCO4)c(F)c1)c1cccc(F)c1. The van der Waals surface area contributed by atoms with Crippen LogP contribution in [0.25, 0.3) is 10.9 Å². The number of nitrogens with zero attached hydrogens (tertiary/aromatic N) is 2. The van der Waals surface area contributed by atoms with Crippen LogP contribution in [0.1, 0.15) is 24.9 Å². The zero-order valence-electron chi connectivity index (χ0n) is 24.8. The number of anilines is 1. The highest BCUT2D eigenvalue weighted by molar-refractivity contribution is 5.95. The number of rotatable bonds is 10. The van der Waals surface area contributed by atoms with Crippen LogP contribution in [-0.2, 0) is 4.74 Å². The van der Waals surface area contributed by atoms with Crippen molar-refractivity contribution in [3.8, 4) is 28.7 Å². The number of pyridine rings is 1. The molecular weight excluding hydrogens is 586 g/mol. The minimum atomic E-state index is -0.692. The van der Waals surface area contributed by atoms with E-state index in [1.807, 2.05) is 0 Å². The quantitative estimate of drug-likeness (QED) is 0.206. The van der Waals surface area contributed by atoms with Crippen molar-refractivity contribution >= 4 is 22.6 Å². The summed E-state index contributed by atoms with van der Waals surface area (Å²) in [6.45, 7) is 7.14. The van der Waals surface area contributed by atoms with Crippen LogP contribution in [0.3, 0.4) is 0 Å². The summed E-state index contributed by atoms with van der Waals surface area (Å²) in [5, 5.41) is 5.84. The predicted molar refractivity (Wildman–Crippen MR) is 164 cm³/mol. The Morgan fingerprint density at radius 3 is 2.60 bits per heavy atom. The van der Waals surface area contributed by atoms with Crippen LogP contribution in [0, 0.1) is 11.6 Å². The van der Waals surface area contributed by atoms with Crippen molar-refractivity contribution in [2.75, 3.05) is 58.0 Å². The van der Waals surface area contributed by atoms with E-state index in [2.05, 4.69) is 20.5 Å². The highest BCUT2D eigenvalue weighted by atomic mass is 19.1. The average Bonchev–Trinajstić information content (AvgIpc) is 3.04. The van der Waals surface area contributed by atoms with Gasteiger partial charge in [-0.3, -0.25) is 9.88 Å². The van der Waals surface area contributed by atoms with Crippen LogP contribution >= 0.6 is 0 Å². The molecule has 1 unspecified atom stereocenters. The van der Waals surface area contributed by atoms with E-state index in [4.69, 9.17) is 23.7 Å². The first kappa shape index (κ1) is 30.4. The molecule has 10 nitrogen and oxygen atoms in total. The Morgan fingerprint density at radius 1 is 0.978 bits per heavy atom. The largest absolute Gasteiger partial charge is 0.489 e. The molecule has 2 aliphatic heterocycles. The molecule has 2 aliphatic rings. The Morgan fingerprint density at radius 2 is 1.80 bits per heavy atom. The summed E-state index contributed by atoms with van der Waals surface area (Å²) in [5.41, 5.74) is 1.36. The molecular formula is C33H34F2N4O6. The fourth-order valence-electron chi connectivity index (χ4n) is 5.26. The minimum absolute atomic E-state index is 0.0597. The van der Waals surface area contributed by atoms with Crippen molar-refractivity contribution < 1.29 is 37.3 Å². The zero-order valence-corrected chi connectivity index (χ0v) is 24.8. The molecule has 0 spiro atoms. The smallest absolute Gasteiger partial charge is 0.319 e. The standard InChI is InChI=1S/C33H34F2N4O6/c1-21(22-4-2-5-23(34)18-22)37-33(40)38-24-6-7-27(25(35)19-24)45-28-8-9-36-26-20-29(31-32(30(26)28)44-17-16-43-31)42-13-3-10-39-11-14-41-15-12-39/h2,4-9,18-21H,3,10-17H2,1H3,(H2,37,38,40). The molecule has 0 saturated carbocycles. The molecule has 45 heavy (non-hydrogen) atoms. The third kappa shape index (κ3) is 7.35. The number of benzene rings is 3. The van der Waals surface area contributed by atoms with Crippen molar-refractivity contribution in [1.29, 1.82) is 0 Å². The Balaban J connectivity index is 1.15. The molecule has 236 valence electrons. The van der Waals surface area contributed by atoms with Gasteiger partial charge in [-0.25, -0.2) is 13.6 Å². The van der Waals surface area contributed by atoms with Crippen molar-refractivity contribution in [3.63, 3.8) is 0 Å². The first-order chi connectivity index (χ1) is 21.9. The number of hydrogen-bond acceptors (Lipinski definition) is 8. The molecule has 3 heterocycles. The Kier molecular flexibility index (Phi) is 9.41. The number of amides is 2.